The number of hydrogen-bond acceptors (Lipinski definition) is 4. The molecule has 5 heteroatoms. The third-order valence-corrected chi connectivity index (χ3v) is 9.97. The molecule has 0 saturated carbocycles. The first kappa shape index (κ1) is 24.6. The van der Waals surface area contributed by atoms with E-state index >= 15 is 0 Å². The molecule has 0 aliphatic carbocycles. The highest BCUT2D eigenvalue weighted by atomic mass is 32.1. The molecular formula is C40H23N3OS. The van der Waals surface area contributed by atoms with E-state index in [4.69, 9.17) is 14.4 Å². The lowest BCUT2D eigenvalue weighted by molar-refractivity contribution is 0.651. The molecule has 0 atom stereocenters. The van der Waals surface area contributed by atoms with E-state index in [1.807, 2.05) is 35.6 Å². The van der Waals surface area contributed by atoms with E-state index in [0.717, 1.165) is 49.8 Å². The molecule has 0 unspecified atom stereocenters. The summed E-state index contributed by atoms with van der Waals surface area (Å²) in [6.45, 7) is 0. The van der Waals surface area contributed by atoms with Gasteiger partial charge < -0.3 is 4.42 Å². The number of thiophene rings is 1. The van der Waals surface area contributed by atoms with E-state index in [0.29, 0.717) is 11.7 Å². The highest BCUT2D eigenvalue weighted by Gasteiger charge is 2.22. The van der Waals surface area contributed by atoms with Gasteiger partial charge in [0.2, 0.25) is 11.7 Å². The zero-order valence-electron chi connectivity index (χ0n) is 23.9. The van der Waals surface area contributed by atoms with Crippen molar-refractivity contribution in [2.75, 3.05) is 0 Å². The van der Waals surface area contributed by atoms with E-state index in [-0.39, 0.29) is 0 Å². The van der Waals surface area contributed by atoms with Crippen molar-refractivity contribution < 1.29 is 4.42 Å². The summed E-state index contributed by atoms with van der Waals surface area (Å²) in [7, 11) is 0. The minimum atomic E-state index is 0.578. The van der Waals surface area contributed by atoms with Crippen LogP contribution in [0.1, 0.15) is 0 Å². The Labute approximate surface area is 261 Å². The molecule has 0 amide bonds. The summed E-state index contributed by atoms with van der Waals surface area (Å²) in [6.07, 6.45) is 0. The van der Waals surface area contributed by atoms with Crippen molar-refractivity contribution in [2.45, 2.75) is 0 Å². The fourth-order valence-electron chi connectivity index (χ4n) is 6.80. The lowest BCUT2D eigenvalue weighted by Gasteiger charge is -2.11. The Morgan fingerprint density at radius 1 is 0.489 bits per heavy atom. The summed E-state index contributed by atoms with van der Waals surface area (Å²) >= 11 is 1.84. The van der Waals surface area contributed by atoms with Gasteiger partial charge in [-0.2, -0.15) is 4.98 Å². The summed E-state index contributed by atoms with van der Waals surface area (Å²) < 4.78 is 11.2. The summed E-state index contributed by atoms with van der Waals surface area (Å²) in [4.78, 5) is 10.5. The van der Waals surface area contributed by atoms with Crippen LogP contribution >= 0.6 is 11.3 Å². The number of hydrogen-bond donors (Lipinski definition) is 0. The fourth-order valence-corrected chi connectivity index (χ4v) is 7.93. The van der Waals surface area contributed by atoms with Crippen LogP contribution in [0.4, 0.5) is 0 Å². The molecule has 0 radical (unpaired) electrons. The van der Waals surface area contributed by atoms with Crippen molar-refractivity contribution in [1.82, 2.24) is 14.5 Å². The lowest BCUT2D eigenvalue weighted by Crippen LogP contribution is -2.02. The zero-order chi connectivity index (χ0) is 29.5. The molecule has 0 spiro atoms. The molecule has 4 aromatic heterocycles. The standard InChI is InChI=1S/C40H23N3OS/c1-2-11-24(12-3-1)25-13-10-14-26(21-25)38-37-29-17-5-8-19-34(29)44-39(37)42-40(41-38)43-32-18-7-4-15-27(32)30-23-36-31(22-33(30)43)28-16-6-9-20-35(28)45-36/h1-23H. The second-order valence-corrected chi connectivity index (χ2v) is 12.5. The quantitative estimate of drug-likeness (QED) is 0.205. The molecular weight excluding hydrogens is 571 g/mol. The van der Waals surface area contributed by atoms with Crippen LogP contribution in [0, 0.1) is 0 Å². The van der Waals surface area contributed by atoms with Gasteiger partial charge in [0.05, 0.1) is 22.1 Å². The molecule has 10 rings (SSSR count). The van der Waals surface area contributed by atoms with Crippen molar-refractivity contribution in [2.24, 2.45) is 0 Å². The molecule has 0 fully saturated rings. The molecule has 6 aromatic carbocycles. The van der Waals surface area contributed by atoms with Gasteiger partial charge in [0.15, 0.2) is 0 Å². The van der Waals surface area contributed by atoms with Gasteiger partial charge in [-0.15, -0.1) is 11.3 Å². The minimum Gasteiger partial charge on any atom is -0.437 e. The zero-order valence-corrected chi connectivity index (χ0v) is 24.8. The Bertz CT molecular complexity index is 2770. The third kappa shape index (κ3) is 3.65. The highest BCUT2D eigenvalue weighted by molar-refractivity contribution is 7.25. The molecule has 4 nitrogen and oxygen atoms in total. The number of benzene rings is 6. The number of nitrogens with zero attached hydrogens (tertiary/aromatic N) is 3. The Morgan fingerprint density at radius 2 is 1.22 bits per heavy atom. The van der Waals surface area contributed by atoms with Crippen LogP contribution in [0.25, 0.3) is 92.4 Å². The van der Waals surface area contributed by atoms with E-state index in [9.17, 15) is 0 Å². The van der Waals surface area contributed by atoms with Crippen LogP contribution in [0.3, 0.4) is 0 Å². The normalized spacial score (nSPS) is 12.0. The predicted molar refractivity (Wildman–Crippen MR) is 187 cm³/mol. The van der Waals surface area contributed by atoms with Crippen molar-refractivity contribution in [3.8, 4) is 28.3 Å². The van der Waals surface area contributed by atoms with Crippen LogP contribution in [-0.4, -0.2) is 14.5 Å². The fraction of sp³-hybridized carbons (Fsp3) is 0. The monoisotopic (exact) mass is 593 g/mol. The third-order valence-electron chi connectivity index (χ3n) is 8.84. The number of rotatable bonds is 3. The molecule has 0 saturated heterocycles. The largest absolute Gasteiger partial charge is 0.437 e. The Kier molecular flexibility index (Phi) is 5.12. The maximum atomic E-state index is 6.45. The van der Waals surface area contributed by atoms with Crippen molar-refractivity contribution in [1.29, 1.82) is 0 Å². The van der Waals surface area contributed by atoms with Gasteiger partial charge in [0, 0.05) is 41.9 Å². The predicted octanol–water partition coefficient (Wildman–Crippen LogP) is 11.2. The molecule has 4 heterocycles. The maximum Gasteiger partial charge on any atom is 0.238 e. The van der Waals surface area contributed by atoms with Gasteiger partial charge in [-0.1, -0.05) is 103 Å². The number of aromatic nitrogens is 3. The maximum absolute atomic E-state index is 6.45. The van der Waals surface area contributed by atoms with Crippen LogP contribution < -0.4 is 0 Å². The smallest absolute Gasteiger partial charge is 0.238 e. The molecule has 0 aliphatic rings. The van der Waals surface area contributed by atoms with Gasteiger partial charge >= 0.3 is 0 Å². The molecule has 210 valence electrons. The van der Waals surface area contributed by atoms with Gasteiger partial charge in [-0.05, 0) is 47.5 Å². The average Bonchev–Trinajstić information content (AvgIpc) is 3.76. The Morgan fingerprint density at radius 3 is 2.13 bits per heavy atom. The second-order valence-electron chi connectivity index (χ2n) is 11.4. The number of para-hydroxylation sites is 2. The van der Waals surface area contributed by atoms with Crippen molar-refractivity contribution >= 4 is 75.4 Å². The van der Waals surface area contributed by atoms with E-state index in [1.165, 1.54) is 30.9 Å². The van der Waals surface area contributed by atoms with Crippen LogP contribution in [0.5, 0.6) is 0 Å². The molecule has 10 aromatic rings. The lowest BCUT2D eigenvalue weighted by atomic mass is 10.00. The highest BCUT2D eigenvalue weighted by Crippen LogP contribution is 2.42. The minimum absolute atomic E-state index is 0.578. The Balaban J connectivity index is 1.31. The summed E-state index contributed by atoms with van der Waals surface area (Å²) in [5.41, 5.74) is 7.69. The van der Waals surface area contributed by atoms with Crippen LogP contribution in [-0.2, 0) is 0 Å². The first-order valence-electron chi connectivity index (χ1n) is 15.0. The SMILES string of the molecule is c1ccc(-c2cccc(-c3nc(-n4c5ccccc5c5cc6sc7ccccc7c6cc54)nc4oc5ccccc5c34)c2)cc1. The second kappa shape index (κ2) is 9.36. The van der Waals surface area contributed by atoms with Gasteiger partial charge in [0.1, 0.15) is 5.58 Å². The van der Waals surface area contributed by atoms with E-state index in [1.54, 1.807) is 0 Å². The first-order valence-corrected chi connectivity index (χ1v) is 15.8. The Hall–Kier alpha value is -5.78. The average molecular weight is 594 g/mol. The van der Waals surface area contributed by atoms with Crippen LogP contribution in [0.2, 0.25) is 0 Å². The van der Waals surface area contributed by atoms with Crippen molar-refractivity contribution in [3.63, 3.8) is 0 Å². The van der Waals surface area contributed by atoms with E-state index in [2.05, 4.69) is 120 Å². The molecule has 0 N–H and O–H groups in total. The summed E-state index contributed by atoms with van der Waals surface area (Å²) in [5, 5.41) is 6.80. The summed E-state index contributed by atoms with van der Waals surface area (Å²) in [6, 6.07) is 49.0. The number of furan rings is 1. The van der Waals surface area contributed by atoms with Gasteiger partial charge in [0.25, 0.3) is 0 Å². The molecule has 45 heavy (non-hydrogen) atoms. The van der Waals surface area contributed by atoms with Gasteiger partial charge in [-0.3, -0.25) is 4.57 Å². The van der Waals surface area contributed by atoms with E-state index < -0.39 is 0 Å². The topological polar surface area (TPSA) is 43.9 Å². The van der Waals surface area contributed by atoms with Gasteiger partial charge in [-0.25, -0.2) is 4.98 Å². The van der Waals surface area contributed by atoms with Crippen LogP contribution in [0.15, 0.2) is 144 Å². The first-order chi connectivity index (χ1) is 22.3. The van der Waals surface area contributed by atoms with Crippen molar-refractivity contribution in [3.05, 3.63) is 140 Å². The summed E-state index contributed by atoms with van der Waals surface area (Å²) in [5.74, 6) is 0.590. The molecule has 0 bridgehead atoms. The number of fused-ring (bicyclic) bond motifs is 9. The molecule has 0 aliphatic heterocycles.